The Kier molecular flexibility index (Phi) is 3.87. The van der Waals surface area contributed by atoms with E-state index in [9.17, 15) is 9.59 Å². The first-order valence-corrected chi connectivity index (χ1v) is 8.69. The molecule has 0 unspecified atom stereocenters. The van der Waals surface area contributed by atoms with Crippen molar-refractivity contribution in [3.05, 3.63) is 71.4 Å². The van der Waals surface area contributed by atoms with Crippen molar-refractivity contribution in [3.63, 3.8) is 0 Å². The van der Waals surface area contributed by atoms with Crippen molar-refractivity contribution >= 4 is 11.9 Å². The van der Waals surface area contributed by atoms with Crippen LogP contribution in [-0.4, -0.2) is 26.6 Å². The van der Waals surface area contributed by atoms with E-state index in [1.165, 1.54) is 11.2 Å². The van der Waals surface area contributed by atoms with Gasteiger partial charge in [0.05, 0.1) is 24.2 Å². The topological polar surface area (TPSA) is 80.4 Å². The first kappa shape index (κ1) is 17.1. The van der Waals surface area contributed by atoms with Crippen LogP contribution in [0.1, 0.15) is 29.6 Å². The monoisotopic (exact) mass is 364 g/mol. The van der Waals surface area contributed by atoms with E-state index in [2.05, 4.69) is 10.4 Å². The average Bonchev–Trinajstić information content (AvgIpc) is 3.33. The number of aryl methyl sites for hydroxylation is 2. The SMILES string of the molecule is Cc1cc(C)n(-c2ccc(CN3C(=O)N[C@](C)(c4ccco4)C3=O)cc2)n1. The standard InChI is InChI=1S/C20H20N4O3/c1-13-11-14(2)24(22-13)16-8-6-15(7-9-16)12-23-18(25)20(3,21-19(23)26)17-5-4-10-27-17/h4-11H,12H2,1-3H3,(H,21,26)/t20-/m1/s1. The zero-order valence-corrected chi connectivity index (χ0v) is 15.4. The van der Waals surface area contributed by atoms with Crippen molar-refractivity contribution < 1.29 is 14.0 Å². The van der Waals surface area contributed by atoms with Gasteiger partial charge in [0.15, 0.2) is 5.54 Å². The molecule has 3 aromatic rings. The van der Waals surface area contributed by atoms with Crippen LogP contribution in [0.5, 0.6) is 0 Å². The number of nitrogens with one attached hydrogen (secondary N) is 1. The van der Waals surface area contributed by atoms with Gasteiger partial charge in [0.2, 0.25) is 0 Å². The molecule has 0 saturated carbocycles. The molecule has 1 N–H and O–H groups in total. The fourth-order valence-electron chi connectivity index (χ4n) is 3.39. The highest BCUT2D eigenvalue weighted by Crippen LogP contribution is 2.30. The highest BCUT2D eigenvalue weighted by atomic mass is 16.3. The van der Waals surface area contributed by atoms with Gasteiger partial charge in [-0.25, -0.2) is 9.48 Å². The van der Waals surface area contributed by atoms with E-state index in [1.54, 1.807) is 19.1 Å². The number of carbonyl (C=O) groups is 2. The van der Waals surface area contributed by atoms with Gasteiger partial charge in [-0.1, -0.05) is 12.1 Å². The summed E-state index contributed by atoms with van der Waals surface area (Å²) in [6.07, 6.45) is 1.49. The smallest absolute Gasteiger partial charge is 0.325 e. The maximum absolute atomic E-state index is 12.8. The third-order valence-corrected chi connectivity index (χ3v) is 4.82. The summed E-state index contributed by atoms with van der Waals surface area (Å²) < 4.78 is 7.21. The summed E-state index contributed by atoms with van der Waals surface area (Å²) in [6.45, 7) is 5.79. The number of hydrogen-bond acceptors (Lipinski definition) is 4. The number of imide groups is 1. The van der Waals surface area contributed by atoms with Gasteiger partial charge in [0.25, 0.3) is 5.91 Å². The van der Waals surface area contributed by atoms with Gasteiger partial charge < -0.3 is 9.73 Å². The Morgan fingerprint density at radius 3 is 2.48 bits per heavy atom. The average molecular weight is 364 g/mol. The summed E-state index contributed by atoms with van der Waals surface area (Å²) in [5, 5.41) is 7.19. The Balaban J connectivity index is 1.55. The lowest BCUT2D eigenvalue weighted by atomic mass is 9.99. The van der Waals surface area contributed by atoms with E-state index in [-0.39, 0.29) is 12.5 Å². The van der Waals surface area contributed by atoms with E-state index in [1.807, 2.05) is 48.9 Å². The van der Waals surface area contributed by atoms with Crippen molar-refractivity contribution in [1.82, 2.24) is 20.0 Å². The fraction of sp³-hybridized carbons (Fsp3) is 0.250. The second-order valence-corrected chi connectivity index (χ2v) is 6.93. The van der Waals surface area contributed by atoms with E-state index in [4.69, 9.17) is 4.42 Å². The van der Waals surface area contributed by atoms with Crippen LogP contribution < -0.4 is 5.32 Å². The summed E-state index contributed by atoms with van der Waals surface area (Å²) in [7, 11) is 0. The summed E-state index contributed by atoms with van der Waals surface area (Å²) in [5.41, 5.74) is 2.61. The van der Waals surface area contributed by atoms with Crippen LogP contribution >= 0.6 is 0 Å². The number of furan rings is 1. The molecule has 3 amide bonds. The third-order valence-electron chi connectivity index (χ3n) is 4.82. The minimum absolute atomic E-state index is 0.193. The number of amides is 3. The lowest BCUT2D eigenvalue weighted by molar-refractivity contribution is -0.132. The van der Waals surface area contributed by atoms with Gasteiger partial charge in [0, 0.05) is 5.69 Å². The first-order chi connectivity index (χ1) is 12.9. The molecule has 1 aliphatic heterocycles. The fourth-order valence-corrected chi connectivity index (χ4v) is 3.39. The number of rotatable bonds is 4. The molecule has 138 valence electrons. The lowest BCUT2D eigenvalue weighted by Crippen LogP contribution is -2.40. The van der Waals surface area contributed by atoms with Crippen LogP contribution in [0.15, 0.2) is 53.1 Å². The van der Waals surface area contributed by atoms with Crippen molar-refractivity contribution in [2.24, 2.45) is 0 Å². The highest BCUT2D eigenvalue weighted by Gasteiger charge is 2.50. The molecule has 0 aliphatic carbocycles. The minimum Gasteiger partial charge on any atom is -0.466 e. The van der Waals surface area contributed by atoms with E-state index >= 15 is 0 Å². The third kappa shape index (κ3) is 2.81. The van der Waals surface area contributed by atoms with Crippen LogP contribution in [0, 0.1) is 13.8 Å². The molecule has 4 rings (SSSR count). The summed E-state index contributed by atoms with van der Waals surface area (Å²) in [6, 6.07) is 12.6. The van der Waals surface area contributed by atoms with Gasteiger partial charge in [-0.3, -0.25) is 9.69 Å². The second-order valence-electron chi connectivity index (χ2n) is 6.93. The van der Waals surface area contributed by atoms with Crippen LogP contribution in [0.4, 0.5) is 4.79 Å². The van der Waals surface area contributed by atoms with E-state index < -0.39 is 11.6 Å². The van der Waals surface area contributed by atoms with Gasteiger partial charge in [-0.2, -0.15) is 5.10 Å². The minimum atomic E-state index is -1.18. The van der Waals surface area contributed by atoms with E-state index in [0.29, 0.717) is 5.76 Å². The molecule has 1 aliphatic rings. The Morgan fingerprint density at radius 2 is 1.89 bits per heavy atom. The number of nitrogens with zero attached hydrogens (tertiary/aromatic N) is 3. The zero-order valence-electron chi connectivity index (χ0n) is 15.4. The molecule has 0 bridgehead atoms. The predicted octanol–water partition coefficient (Wildman–Crippen LogP) is 3.05. The molecule has 1 fully saturated rings. The predicted molar refractivity (Wildman–Crippen MR) is 98.2 cm³/mol. The molecule has 1 saturated heterocycles. The lowest BCUT2D eigenvalue weighted by Gasteiger charge is -2.19. The van der Waals surface area contributed by atoms with E-state index in [0.717, 1.165) is 22.6 Å². The number of aromatic nitrogens is 2. The highest BCUT2D eigenvalue weighted by molar-refractivity contribution is 6.06. The molecule has 1 atom stereocenters. The van der Waals surface area contributed by atoms with Crippen LogP contribution in [0.2, 0.25) is 0 Å². The largest absolute Gasteiger partial charge is 0.466 e. The number of carbonyl (C=O) groups excluding carboxylic acids is 2. The number of benzene rings is 1. The van der Waals surface area contributed by atoms with Crippen LogP contribution in [0.25, 0.3) is 5.69 Å². The van der Waals surface area contributed by atoms with Gasteiger partial charge >= 0.3 is 6.03 Å². The zero-order chi connectivity index (χ0) is 19.2. The van der Waals surface area contributed by atoms with Crippen molar-refractivity contribution in [1.29, 1.82) is 0 Å². The molecule has 7 heteroatoms. The normalized spacial score (nSPS) is 19.6. The maximum atomic E-state index is 12.8. The molecule has 0 radical (unpaired) electrons. The molecule has 0 spiro atoms. The molecular weight excluding hydrogens is 344 g/mol. The van der Waals surface area contributed by atoms with Gasteiger partial charge in [-0.05, 0) is 56.7 Å². The Labute approximate surface area is 156 Å². The van der Waals surface area contributed by atoms with Crippen molar-refractivity contribution in [2.75, 3.05) is 0 Å². The van der Waals surface area contributed by atoms with Gasteiger partial charge in [-0.15, -0.1) is 0 Å². The second kappa shape index (κ2) is 6.12. The summed E-state index contributed by atoms with van der Waals surface area (Å²) >= 11 is 0. The number of urea groups is 1. The number of hydrogen-bond donors (Lipinski definition) is 1. The Bertz CT molecular complexity index is 1000. The molecule has 3 heterocycles. The molecular formula is C20H20N4O3. The molecule has 2 aromatic heterocycles. The molecule has 27 heavy (non-hydrogen) atoms. The maximum Gasteiger partial charge on any atom is 0.325 e. The van der Waals surface area contributed by atoms with Crippen molar-refractivity contribution in [2.45, 2.75) is 32.9 Å². The summed E-state index contributed by atoms with van der Waals surface area (Å²) in [5.74, 6) is 0.0910. The molecule has 1 aromatic carbocycles. The van der Waals surface area contributed by atoms with Crippen LogP contribution in [0.3, 0.4) is 0 Å². The van der Waals surface area contributed by atoms with Gasteiger partial charge in [0.1, 0.15) is 5.76 Å². The van der Waals surface area contributed by atoms with Crippen molar-refractivity contribution in [3.8, 4) is 5.69 Å². The first-order valence-electron chi connectivity index (χ1n) is 8.69. The Hall–Kier alpha value is -3.35. The summed E-state index contributed by atoms with van der Waals surface area (Å²) in [4.78, 5) is 26.4. The quantitative estimate of drug-likeness (QED) is 0.722. The van der Waals surface area contributed by atoms with Crippen LogP contribution in [-0.2, 0) is 16.9 Å². The molecule has 7 nitrogen and oxygen atoms in total. The Morgan fingerprint density at radius 1 is 1.15 bits per heavy atom.